The van der Waals surface area contributed by atoms with Crippen molar-refractivity contribution in [3.8, 4) is 28.0 Å². The molecule has 0 fully saturated rings. The van der Waals surface area contributed by atoms with Crippen LogP contribution in [0, 0.1) is 23.4 Å². The van der Waals surface area contributed by atoms with Crippen molar-refractivity contribution < 1.29 is 17.9 Å². The number of hydrogen-bond donors (Lipinski definition) is 0. The molecule has 0 aliphatic heterocycles. The highest BCUT2D eigenvalue weighted by atomic mass is 19.2. The second-order valence-corrected chi connectivity index (χ2v) is 9.13. The molecule has 1 nitrogen and oxygen atoms in total. The molecule has 0 heterocycles. The SMILES string of the molecule is C=CCOc1ccc(-c2ccc(-c3ccc(C4=CCC(CC/C=C/C)CC4)c(F)c3)cc2)c(F)c1F. The topological polar surface area (TPSA) is 9.23 Å². The molecule has 0 aromatic heterocycles. The van der Waals surface area contributed by atoms with E-state index in [1.165, 1.54) is 24.6 Å². The third-order valence-electron chi connectivity index (χ3n) is 6.74. The monoisotopic (exact) mass is 488 g/mol. The van der Waals surface area contributed by atoms with Gasteiger partial charge in [-0.05, 0) is 85.4 Å². The van der Waals surface area contributed by atoms with E-state index in [2.05, 4.69) is 24.8 Å². The van der Waals surface area contributed by atoms with Gasteiger partial charge in [-0.2, -0.15) is 4.39 Å². The number of rotatable bonds is 9. The number of ether oxygens (including phenoxy) is 1. The van der Waals surface area contributed by atoms with Crippen LogP contribution in [0.5, 0.6) is 5.75 Å². The quantitative estimate of drug-likeness (QED) is 0.273. The number of benzene rings is 3. The molecule has 0 N–H and O–H groups in total. The molecule has 0 bridgehead atoms. The van der Waals surface area contributed by atoms with Crippen LogP contribution in [0.25, 0.3) is 27.8 Å². The average molecular weight is 489 g/mol. The van der Waals surface area contributed by atoms with Crippen LogP contribution in [0.2, 0.25) is 0 Å². The van der Waals surface area contributed by atoms with Crippen LogP contribution in [0.3, 0.4) is 0 Å². The molecule has 4 rings (SSSR count). The first-order chi connectivity index (χ1) is 17.5. The van der Waals surface area contributed by atoms with Crippen molar-refractivity contribution >= 4 is 5.57 Å². The van der Waals surface area contributed by atoms with Crippen LogP contribution in [0.15, 0.2) is 85.5 Å². The minimum absolute atomic E-state index is 0.0917. The van der Waals surface area contributed by atoms with E-state index in [0.717, 1.165) is 42.4 Å². The summed E-state index contributed by atoms with van der Waals surface area (Å²) in [6, 6.07) is 15.2. The molecule has 3 aromatic rings. The van der Waals surface area contributed by atoms with Crippen molar-refractivity contribution in [2.75, 3.05) is 6.61 Å². The fourth-order valence-corrected chi connectivity index (χ4v) is 4.71. The molecule has 36 heavy (non-hydrogen) atoms. The van der Waals surface area contributed by atoms with Gasteiger partial charge >= 0.3 is 0 Å². The molecular formula is C32H31F3O. The minimum atomic E-state index is -1.03. The average Bonchev–Trinajstić information content (AvgIpc) is 2.90. The van der Waals surface area contributed by atoms with Gasteiger partial charge in [-0.3, -0.25) is 0 Å². The number of halogens is 3. The first-order valence-electron chi connectivity index (χ1n) is 12.4. The van der Waals surface area contributed by atoms with Crippen LogP contribution in [0.1, 0.15) is 44.6 Å². The van der Waals surface area contributed by atoms with Gasteiger partial charge in [0.25, 0.3) is 0 Å². The normalized spacial score (nSPS) is 15.7. The maximum absolute atomic E-state index is 15.1. The van der Waals surface area contributed by atoms with Gasteiger partial charge in [0.2, 0.25) is 5.82 Å². The molecule has 3 aromatic carbocycles. The fourth-order valence-electron chi connectivity index (χ4n) is 4.71. The smallest absolute Gasteiger partial charge is 0.201 e. The Bertz CT molecular complexity index is 1270. The van der Waals surface area contributed by atoms with E-state index in [0.29, 0.717) is 17.0 Å². The van der Waals surface area contributed by atoms with Gasteiger partial charge in [0.15, 0.2) is 11.6 Å². The molecule has 0 radical (unpaired) electrons. The molecule has 0 saturated heterocycles. The predicted molar refractivity (Wildman–Crippen MR) is 142 cm³/mol. The Morgan fingerprint density at radius 3 is 2.31 bits per heavy atom. The highest BCUT2D eigenvalue weighted by Gasteiger charge is 2.18. The molecule has 4 heteroatoms. The van der Waals surface area contributed by atoms with Crippen molar-refractivity contribution in [3.05, 3.63) is 108 Å². The van der Waals surface area contributed by atoms with Gasteiger partial charge in [-0.15, -0.1) is 0 Å². The van der Waals surface area contributed by atoms with E-state index in [-0.39, 0.29) is 23.7 Å². The van der Waals surface area contributed by atoms with E-state index >= 15 is 4.39 Å². The van der Waals surface area contributed by atoms with Crippen molar-refractivity contribution in [2.24, 2.45) is 5.92 Å². The number of hydrogen-bond acceptors (Lipinski definition) is 1. The molecule has 0 spiro atoms. The molecule has 1 atom stereocenters. The molecular weight excluding hydrogens is 457 g/mol. The highest BCUT2D eigenvalue weighted by molar-refractivity contribution is 5.74. The fraction of sp³-hybridized carbons (Fsp3) is 0.250. The van der Waals surface area contributed by atoms with Gasteiger partial charge in [-0.25, -0.2) is 8.78 Å². The van der Waals surface area contributed by atoms with Gasteiger partial charge in [-0.1, -0.05) is 67.3 Å². The lowest BCUT2D eigenvalue weighted by Crippen LogP contribution is -2.06. The Kier molecular flexibility index (Phi) is 8.48. The zero-order valence-electron chi connectivity index (χ0n) is 20.6. The molecule has 0 saturated carbocycles. The maximum atomic E-state index is 15.1. The van der Waals surface area contributed by atoms with E-state index in [1.807, 2.05) is 19.1 Å². The summed E-state index contributed by atoms with van der Waals surface area (Å²) in [6.45, 7) is 5.64. The maximum Gasteiger partial charge on any atom is 0.201 e. The Balaban J connectivity index is 1.48. The minimum Gasteiger partial charge on any atom is -0.486 e. The van der Waals surface area contributed by atoms with Crippen molar-refractivity contribution in [1.29, 1.82) is 0 Å². The summed E-state index contributed by atoms with van der Waals surface area (Å²) < 4.78 is 49.2. The molecule has 1 aliphatic rings. The summed E-state index contributed by atoms with van der Waals surface area (Å²) in [5.74, 6) is -1.72. The van der Waals surface area contributed by atoms with E-state index < -0.39 is 11.6 Å². The molecule has 1 unspecified atom stereocenters. The second kappa shape index (κ2) is 11.9. The van der Waals surface area contributed by atoms with Crippen LogP contribution >= 0.6 is 0 Å². The summed E-state index contributed by atoms with van der Waals surface area (Å²) >= 11 is 0. The summed E-state index contributed by atoms with van der Waals surface area (Å²) in [6.07, 6.45) is 13.2. The summed E-state index contributed by atoms with van der Waals surface area (Å²) in [5.41, 5.74) is 3.95. The lowest BCUT2D eigenvalue weighted by Gasteiger charge is -2.22. The van der Waals surface area contributed by atoms with Crippen LogP contribution < -0.4 is 4.74 Å². The summed E-state index contributed by atoms with van der Waals surface area (Å²) in [5, 5.41) is 0. The van der Waals surface area contributed by atoms with Crippen LogP contribution in [-0.2, 0) is 0 Å². The van der Waals surface area contributed by atoms with Gasteiger partial charge < -0.3 is 4.74 Å². The number of allylic oxidation sites excluding steroid dienone is 4. The molecule has 0 amide bonds. The van der Waals surface area contributed by atoms with Gasteiger partial charge in [0.05, 0.1) is 0 Å². The second-order valence-electron chi connectivity index (χ2n) is 9.13. The lowest BCUT2D eigenvalue weighted by atomic mass is 9.84. The van der Waals surface area contributed by atoms with E-state index in [1.54, 1.807) is 30.3 Å². The zero-order chi connectivity index (χ0) is 25.5. The first-order valence-corrected chi connectivity index (χ1v) is 12.4. The standard InChI is InChI=1S/C32H31F3O/c1-3-5-6-7-22-8-10-24(11-9-22)27-17-16-26(21-29(27)33)23-12-14-25(15-13-23)28-18-19-30(36-20-4-2)32(35)31(28)34/h3-5,10,12-19,21-22H,2,6-9,11,20H2,1H3/b5-3+. The van der Waals surface area contributed by atoms with Crippen LogP contribution in [-0.4, -0.2) is 6.61 Å². The molecule has 1 aliphatic carbocycles. The summed E-state index contributed by atoms with van der Waals surface area (Å²) in [7, 11) is 0. The highest BCUT2D eigenvalue weighted by Crippen LogP contribution is 2.36. The van der Waals surface area contributed by atoms with E-state index in [4.69, 9.17) is 4.74 Å². The summed E-state index contributed by atoms with van der Waals surface area (Å²) in [4.78, 5) is 0. The lowest BCUT2D eigenvalue weighted by molar-refractivity contribution is 0.333. The third-order valence-corrected chi connectivity index (χ3v) is 6.74. The van der Waals surface area contributed by atoms with E-state index in [9.17, 15) is 8.78 Å². The Labute approximate surface area is 211 Å². The largest absolute Gasteiger partial charge is 0.486 e. The zero-order valence-corrected chi connectivity index (χ0v) is 20.6. The Morgan fingerprint density at radius 2 is 1.64 bits per heavy atom. The van der Waals surface area contributed by atoms with Gasteiger partial charge in [0.1, 0.15) is 12.4 Å². The van der Waals surface area contributed by atoms with Gasteiger partial charge in [0, 0.05) is 11.1 Å². The van der Waals surface area contributed by atoms with Crippen LogP contribution in [0.4, 0.5) is 13.2 Å². The third kappa shape index (κ3) is 5.81. The van der Waals surface area contributed by atoms with Crippen molar-refractivity contribution in [1.82, 2.24) is 0 Å². The van der Waals surface area contributed by atoms with Crippen molar-refractivity contribution in [2.45, 2.75) is 39.0 Å². The Hall–Kier alpha value is -3.53. The first kappa shape index (κ1) is 25.6. The Morgan fingerprint density at radius 1 is 0.917 bits per heavy atom. The predicted octanol–water partition coefficient (Wildman–Crippen LogP) is 9.54. The van der Waals surface area contributed by atoms with Crippen molar-refractivity contribution in [3.63, 3.8) is 0 Å². The molecule has 186 valence electrons.